The van der Waals surface area contributed by atoms with Crippen LogP contribution in [0.5, 0.6) is 0 Å². The van der Waals surface area contributed by atoms with Crippen LogP contribution in [-0.2, 0) is 16.1 Å². The van der Waals surface area contributed by atoms with Crippen molar-refractivity contribution in [3.8, 4) is 0 Å². The molecule has 15 heavy (non-hydrogen) atoms. The third kappa shape index (κ3) is 5.55. The third-order valence-electron chi connectivity index (χ3n) is 2.18. The molecule has 0 unspecified atom stereocenters. The van der Waals surface area contributed by atoms with Crippen molar-refractivity contribution < 1.29 is 9.47 Å². The van der Waals surface area contributed by atoms with E-state index in [0.717, 1.165) is 19.4 Å². The Bertz CT molecular complexity index is 246. The van der Waals surface area contributed by atoms with E-state index in [9.17, 15) is 0 Å². The molecule has 0 fully saturated rings. The minimum absolute atomic E-state index is 0.114. The van der Waals surface area contributed by atoms with Crippen LogP contribution in [-0.4, -0.2) is 12.9 Å². The average molecular weight is 208 g/mol. The van der Waals surface area contributed by atoms with Gasteiger partial charge >= 0.3 is 0 Å². The molecule has 0 radical (unpaired) electrons. The van der Waals surface area contributed by atoms with E-state index in [4.69, 9.17) is 9.47 Å². The van der Waals surface area contributed by atoms with E-state index in [-0.39, 0.29) is 6.29 Å². The fourth-order valence-electron chi connectivity index (χ4n) is 1.23. The second kappa shape index (κ2) is 7.43. The minimum atomic E-state index is -0.114. The van der Waals surface area contributed by atoms with Crippen LogP contribution in [0.1, 0.15) is 32.3 Å². The summed E-state index contributed by atoms with van der Waals surface area (Å²) in [7, 11) is 0. The second-order valence-electron chi connectivity index (χ2n) is 3.59. The van der Waals surface area contributed by atoms with E-state index in [2.05, 4.69) is 19.1 Å². The lowest BCUT2D eigenvalue weighted by molar-refractivity contribution is -0.138. The van der Waals surface area contributed by atoms with E-state index < -0.39 is 0 Å². The quantitative estimate of drug-likeness (QED) is 0.505. The molecule has 0 saturated carbocycles. The first-order valence-corrected chi connectivity index (χ1v) is 5.60. The van der Waals surface area contributed by atoms with Crippen LogP contribution in [0, 0.1) is 0 Å². The summed E-state index contributed by atoms with van der Waals surface area (Å²) in [5.74, 6) is 0. The summed E-state index contributed by atoms with van der Waals surface area (Å²) >= 11 is 0. The molecule has 0 aliphatic heterocycles. The SMILES string of the molecule is CCCCO[C@@H](C)OCc1ccccc1. The van der Waals surface area contributed by atoms with Crippen molar-refractivity contribution in [2.45, 2.75) is 39.6 Å². The molecule has 1 aromatic carbocycles. The summed E-state index contributed by atoms with van der Waals surface area (Å²) in [5, 5.41) is 0. The first-order valence-electron chi connectivity index (χ1n) is 5.60. The van der Waals surface area contributed by atoms with Gasteiger partial charge in [0.25, 0.3) is 0 Å². The second-order valence-corrected chi connectivity index (χ2v) is 3.59. The predicted octanol–water partition coefficient (Wildman–Crippen LogP) is 3.37. The molecular formula is C13H20O2. The molecule has 0 amide bonds. The van der Waals surface area contributed by atoms with Crippen LogP contribution in [0.3, 0.4) is 0 Å². The van der Waals surface area contributed by atoms with Crippen LogP contribution in [0.25, 0.3) is 0 Å². The molecular weight excluding hydrogens is 188 g/mol. The molecule has 0 aromatic heterocycles. The first-order chi connectivity index (χ1) is 7.33. The van der Waals surface area contributed by atoms with Gasteiger partial charge in [0, 0.05) is 6.61 Å². The van der Waals surface area contributed by atoms with Crippen LogP contribution >= 0.6 is 0 Å². The fourth-order valence-corrected chi connectivity index (χ4v) is 1.23. The normalized spacial score (nSPS) is 12.7. The molecule has 0 N–H and O–H groups in total. The molecule has 0 heterocycles. The fraction of sp³-hybridized carbons (Fsp3) is 0.538. The number of benzene rings is 1. The smallest absolute Gasteiger partial charge is 0.155 e. The summed E-state index contributed by atoms with van der Waals surface area (Å²) in [6.45, 7) is 5.50. The lowest BCUT2D eigenvalue weighted by atomic mass is 10.2. The zero-order chi connectivity index (χ0) is 10.9. The molecule has 0 aliphatic rings. The molecule has 2 nitrogen and oxygen atoms in total. The van der Waals surface area contributed by atoms with Crippen molar-refractivity contribution in [2.24, 2.45) is 0 Å². The van der Waals surface area contributed by atoms with Gasteiger partial charge in [-0.15, -0.1) is 0 Å². The average Bonchev–Trinajstić information content (AvgIpc) is 2.28. The van der Waals surface area contributed by atoms with Gasteiger partial charge in [-0.3, -0.25) is 0 Å². The van der Waals surface area contributed by atoms with Crippen molar-refractivity contribution in [1.29, 1.82) is 0 Å². The van der Waals surface area contributed by atoms with Gasteiger partial charge < -0.3 is 9.47 Å². The van der Waals surface area contributed by atoms with Crippen molar-refractivity contribution in [1.82, 2.24) is 0 Å². The third-order valence-corrected chi connectivity index (χ3v) is 2.18. The summed E-state index contributed by atoms with van der Waals surface area (Å²) in [5.41, 5.74) is 1.18. The molecule has 2 heteroatoms. The maximum atomic E-state index is 5.55. The highest BCUT2D eigenvalue weighted by atomic mass is 16.7. The Labute approximate surface area is 92.2 Å². The van der Waals surface area contributed by atoms with Gasteiger partial charge in [0.15, 0.2) is 6.29 Å². The van der Waals surface area contributed by atoms with E-state index in [0.29, 0.717) is 6.61 Å². The first kappa shape index (κ1) is 12.2. The Morgan fingerprint density at radius 1 is 1.13 bits per heavy atom. The molecule has 1 atom stereocenters. The molecule has 1 aromatic rings. The number of hydrogen-bond acceptors (Lipinski definition) is 2. The summed E-state index contributed by atoms with van der Waals surface area (Å²) in [6.07, 6.45) is 2.14. The number of unbranched alkanes of at least 4 members (excludes halogenated alkanes) is 1. The standard InChI is InChI=1S/C13H20O2/c1-3-4-10-14-12(2)15-11-13-8-6-5-7-9-13/h5-9,12H,3-4,10-11H2,1-2H3/t12-/m1/s1. The van der Waals surface area contributed by atoms with Crippen LogP contribution in [0.15, 0.2) is 30.3 Å². The van der Waals surface area contributed by atoms with E-state index in [1.807, 2.05) is 25.1 Å². The van der Waals surface area contributed by atoms with Crippen LogP contribution in [0.2, 0.25) is 0 Å². The van der Waals surface area contributed by atoms with Gasteiger partial charge in [0.2, 0.25) is 0 Å². The highest BCUT2D eigenvalue weighted by Gasteiger charge is 2.01. The highest BCUT2D eigenvalue weighted by molar-refractivity contribution is 5.13. The Morgan fingerprint density at radius 2 is 1.87 bits per heavy atom. The van der Waals surface area contributed by atoms with E-state index >= 15 is 0 Å². The summed E-state index contributed by atoms with van der Waals surface area (Å²) in [4.78, 5) is 0. The van der Waals surface area contributed by atoms with Crippen molar-refractivity contribution in [2.75, 3.05) is 6.61 Å². The Kier molecular flexibility index (Phi) is 6.05. The predicted molar refractivity (Wildman–Crippen MR) is 61.6 cm³/mol. The van der Waals surface area contributed by atoms with Gasteiger partial charge in [-0.1, -0.05) is 43.7 Å². The largest absolute Gasteiger partial charge is 0.353 e. The molecule has 0 bridgehead atoms. The van der Waals surface area contributed by atoms with Crippen molar-refractivity contribution in [3.63, 3.8) is 0 Å². The zero-order valence-electron chi connectivity index (χ0n) is 9.61. The van der Waals surface area contributed by atoms with Gasteiger partial charge in [-0.05, 0) is 18.9 Å². The number of hydrogen-bond donors (Lipinski definition) is 0. The van der Waals surface area contributed by atoms with Gasteiger partial charge in [0.1, 0.15) is 0 Å². The molecule has 0 spiro atoms. The van der Waals surface area contributed by atoms with Gasteiger partial charge in [-0.2, -0.15) is 0 Å². The maximum Gasteiger partial charge on any atom is 0.155 e. The lowest BCUT2D eigenvalue weighted by Crippen LogP contribution is -2.13. The maximum absolute atomic E-state index is 5.55. The topological polar surface area (TPSA) is 18.5 Å². The molecule has 0 saturated heterocycles. The Balaban J connectivity index is 2.14. The van der Waals surface area contributed by atoms with Crippen molar-refractivity contribution in [3.05, 3.63) is 35.9 Å². The summed E-state index contributed by atoms with van der Waals surface area (Å²) < 4.78 is 11.0. The molecule has 84 valence electrons. The van der Waals surface area contributed by atoms with Crippen molar-refractivity contribution >= 4 is 0 Å². The zero-order valence-corrected chi connectivity index (χ0v) is 9.61. The van der Waals surface area contributed by atoms with Crippen LogP contribution in [0.4, 0.5) is 0 Å². The van der Waals surface area contributed by atoms with Gasteiger partial charge in [-0.25, -0.2) is 0 Å². The highest BCUT2D eigenvalue weighted by Crippen LogP contribution is 2.04. The Hall–Kier alpha value is -0.860. The molecule has 0 aliphatic carbocycles. The molecule has 1 rings (SSSR count). The monoisotopic (exact) mass is 208 g/mol. The van der Waals surface area contributed by atoms with E-state index in [1.165, 1.54) is 5.56 Å². The van der Waals surface area contributed by atoms with E-state index in [1.54, 1.807) is 0 Å². The van der Waals surface area contributed by atoms with Gasteiger partial charge in [0.05, 0.1) is 6.61 Å². The summed E-state index contributed by atoms with van der Waals surface area (Å²) in [6, 6.07) is 10.1. The number of rotatable bonds is 7. The minimum Gasteiger partial charge on any atom is -0.353 e. The Morgan fingerprint density at radius 3 is 2.53 bits per heavy atom. The lowest BCUT2D eigenvalue weighted by Gasteiger charge is -2.13. The number of ether oxygens (including phenoxy) is 2. The van der Waals surface area contributed by atoms with Crippen LogP contribution < -0.4 is 0 Å².